The molecule has 0 unspecified atom stereocenters. The van der Waals surface area contributed by atoms with Gasteiger partial charge in [-0.3, -0.25) is 4.98 Å². The van der Waals surface area contributed by atoms with Crippen LogP contribution < -0.4 is 0 Å². The summed E-state index contributed by atoms with van der Waals surface area (Å²) in [6.07, 6.45) is 4.66. The van der Waals surface area contributed by atoms with Gasteiger partial charge in [-0.2, -0.15) is 0 Å². The molecule has 2 rings (SSSR count). The zero-order valence-electron chi connectivity index (χ0n) is 8.91. The molecule has 0 aliphatic carbocycles. The highest BCUT2D eigenvalue weighted by Crippen LogP contribution is 2.14. The molecule has 0 radical (unpaired) electrons. The zero-order chi connectivity index (χ0) is 11.5. The largest absolute Gasteiger partial charge is 0.465 e. The van der Waals surface area contributed by atoms with E-state index in [4.69, 9.17) is 0 Å². The van der Waals surface area contributed by atoms with Crippen molar-refractivity contribution in [3.63, 3.8) is 0 Å². The molecule has 6 heteroatoms. The summed E-state index contributed by atoms with van der Waals surface area (Å²) in [5.41, 5.74) is 1.76. The Balaban J connectivity index is 2.57. The fourth-order valence-electron chi connectivity index (χ4n) is 1.34. The Hall–Kier alpha value is -2.24. The Morgan fingerprint density at radius 2 is 2.31 bits per heavy atom. The van der Waals surface area contributed by atoms with Gasteiger partial charge in [-0.25, -0.2) is 9.48 Å². The molecule has 0 saturated heterocycles. The van der Waals surface area contributed by atoms with Crippen LogP contribution in [0.25, 0.3) is 5.69 Å². The fourth-order valence-corrected chi connectivity index (χ4v) is 1.34. The van der Waals surface area contributed by atoms with E-state index in [1.165, 1.54) is 24.2 Å². The molecule has 2 aromatic heterocycles. The molecule has 0 amide bonds. The van der Waals surface area contributed by atoms with Gasteiger partial charge in [-0.05, 0) is 13.0 Å². The van der Waals surface area contributed by atoms with Crippen LogP contribution >= 0.6 is 0 Å². The van der Waals surface area contributed by atoms with E-state index in [0.717, 1.165) is 5.69 Å². The molecule has 16 heavy (non-hydrogen) atoms. The fraction of sp³-hybridized carbons (Fsp3) is 0.200. The Morgan fingerprint density at radius 3 is 2.94 bits per heavy atom. The van der Waals surface area contributed by atoms with Gasteiger partial charge in [0.15, 0.2) is 0 Å². The molecule has 0 aliphatic heterocycles. The minimum Gasteiger partial charge on any atom is -0.465 e. The highest BCUT2D eigenvalue weighted by atomic mass is 16.5. The Kier molecular flexibility index (Phi) is 2.63. The smallest absolute Gasteiger partial charge is 0.341 e. The number of carbonyl (C=O) groups excluding carboxylic acids is 1. The summed E-state index contributed by atoms with van der Waals surface area (Å²) >= 11 is 0. The van der Waals surface area contributed by atoms with Gasteiger partial charge in [-0.15, -0.1) is 5.10 Å². The number of carbonyl (C=O) groups is 1. The van der Waals surface area contributed by atoms with Gasteiger partial charge in [0.05, 0.1) is 25.2 Å². The standard InChI is InChI=1S/C10H10N4O2/c1-7-5-9(14-4-3-12-13-14)8(6-11-7)10(15)16-2/h3-6H,1-2H3. The van der Waals surface area contributed by atoms with Crippen molar-refractivity contribution in [3.8, 4) is 5.69 Å². The number of nitrogens with zero attached hydrogens (tertiary/aromatic N) is 4. The monoisotopic (exact) mass is 218 g/mol. The van der Waals surface area contributed by atoms with Gasteiger partial charge in [0.1, 0.15) is 5.56 Å². The number of ether oxygens (including phenoxy) is 1. The van der Waals surface area contributed by atoms with E-state index < -0.39 is 5.97 Å². The summed E-state index contributed by atoms with van der Waals surface area (Å²) in [4.78, 5) is 15.6. The number of pyridine rings is 1. The maximum atomic E-state index is 11.5. The van der Waals surface area contributed by atoms with Gasteiger partial charge in [0.25, 0.3) is 0 Å². The predicted octanol–water partition coefficient (Wildman–Crippen LogP) is 0.757. The van der Waals surface area contributed by atoms with Crippen LogP contribution in [0.1, 0.15) is 16.1 Å². The lowest BCUT2D eigenvalue weighted by atomic mass is 10.2. The summed E-state index contributed by atoms with van der Waals surface area (Å²) in [6, 6.07) is 1.75. The molecule has 0 bridgehead atoms. The molecule has 82 valence electrons. The number of aromatic nitrogens is 4. The predicted molar refractivity (Wildman–Crippen MR) is 55.2 cm³/mol. The lowest BCUT2D eigenvalue weighted by molar-refractivity contribution is 0.0600. The van der Waals surface area contributed by atoms with E-state index >= 15 is 0 Å². The Labute approximate surface area is 91.9 Å². The van der Waals surface area contributed by atoms with Crippen LogP contribution in [0, 0.1) is 6.92 Å². The number of esters is 1. The summed E-state index contributed by atoms with van der Waals surface area (Å²) < 4.78 is 6.18. The molecular formula is C10H10N4O2. The van der Waals surface area contributed by atoms with E-state index in [1.807, 2.05) is 6.92 Å². The normalized spacial score (nSPS) is 10.1. The number of methoxy groups -OCH3 is 1. The van der Waals surface area contributed by atoms with Crippen LogP contribution in [-0.4, -0.2) is 33.1 Å². The molecule has 2 heterocycles. The number of aryl methyl sites for hydroxylation is 1. The average molecular weight is 218 g/mol. The Morgan fingerprint density at radius 1 is 1.50 bits per heavy atom. The van der Waals surface area contributed by atoms with Crippen molar-refractivity contribution in [3.05, 3.63) is 35.9 Å². The van der Waals surface area contributed by atoms with E-state index in [1.54, 1.807) is 12.3 Å². The first-order valence-electron chi connectivity index (χ1n) is 4.64. The second kappa shape index (κ2) is 4.09. The quantitative estimate of drug-likeness (QED) is 0.696. The molecular weight excluding hydrogens is 208 g/mol. The van der Waals surface area contributed by atoms with E-state index in [0.29, 0.717) is 11.3 Å². The highest BCUT2D eigenvalue weighted by Gasteiger charge is 2.14. The topological polar surface area (TPSA) is 69.9 Å². The van der Waals surface area contributed by atoms with E-state index in [9.17, 15) is 4.79 Å². The molecule has 6 nitrogen and oxygen atoms in total. The van der Waals surface area contributed by atoms with Crippen LogP contribution in [-0.2, 0) is 4.74 Å². The summed E-state index contributed by atoms with van der Waals surface area (Å²) in [5.74, 6) is -0.446. The van der Waals surface area contributed by atoms with Crippen molar-refractivity contribution in [2.24, 2.45) is 0 Å². The third-order valence-electron chi connectivity index (χ3n) is 2.09. The lowest BCUT2D eigenvalue weighted by Gasteiger charge is -2.07. The number of hydrogen-bond donors (Lipinski definition) is 0. The van der Waals surface area contributed by atoms with Gasteiger partial charge in [0, 0.05) is 11.9 Å². The zero-order valence-corrected chi connectivity index (χ0v) is 8.91. The second-order valence-corrected chi connectivity index (χ2v) is 3.18. The molecule has 0 fully saturated rings. The molecule has 0 saturated carbocycles. The summed E-state index contributed by atoms with van der Waals surface area (Å²) in [5, 5.41) is 7.53. The minimum atomic E-state index is -0.446. The van der Waals surface area contributed by atoms with Crippen molar-refractivity contribution < 1.29 is 9.53 Å². The molecule has 0 spiro atoms. The maximum absolute atomic E-state index is 11.5. The highest BCUT2D eigenvalue weighted by molar-refractivity contribution is 5.93. The van der Waals surface area contributed by atoms with Crippen LogP contribution in [0.4, 0.5) is 0 Å². The van der Waals surface area contributed by atoms with Crippen LogP contribution in [0.5, 0.6) is 0 Å². The average Bonchev–Trinajstić information content (AvgIpc) is 2.81. The van der Waals surface area contributed by atoms with Crippen LogP contribution in [0.3, 0.4) is 0 Å². The third kappa shape index (κ3) is 1.77. The van der Waals surface area contributed by atoms with Crippen molar-refractivity contribution in [1.82, 2.24) is 20.0 Å². The first-order valence-corrected chi connectivity index (χ1v) is 4.64. The van der Waals surface area contributed by atoms with Crippen molar-refractivity contribution in [2.45, 2.75) is 6.92 Å². The van der Waals surface area contributed by atoms with Crippen molar-refractivity contribution >= 4 is 5.97 Å². The van der Waals surface area contributed by atoms with Crippen molar-refractivity contribution in [2.75, 3.05) is 7.11 Å². The number of rotatable bonds is 2. The van der Waals surface area contributed by atoms with E-state index in [2.05, 4.69) is 20.0 Å². The van der Waals surface area contributed by atoms with Crippen LogP contribution in [0.2, 0.25) is 0 Å². The first-order chi connectivity index (χ1) is 7.72. The Bertz CT molecular complexity index is 508. The third-order valence-corrected chi connectivity index (χ3v) is 2.09. The molecule has 2 aromatic rings. The molecule has 0 atom stereocenters. The van der Waals surface area contributed by atoms with Gasteiger partial charge in [-0.1, -0.05) is 5.21 Å². The minimum absolute atomic E-state index is 0.360. The van der Waals surface area contributed by atoms with Crippen molar-refractivity contribution in [1.29, 1.82) is 0 Å². The second-order valence-electron chi connectivity index (χ2n) is 3.18. The maximum Gasteiger partial charge on any atom is 0.341 e. The van der Waals surface area contributed by atoms with Gasteiger partial charge < -0.3 is 4.74 Å². The summed E-state index contributed by atoms with van der Waals surface area (Å²) in [7, 11) is 1.33. The molecule has 0 aromatic carbocycles. The summed E-state index contributed by atoms with van der Waals surface area (Å²) in [6.45, 7) is 1.83. The van der Waals surface area contributed by atoms with E-state index in [-0.39, 0.29) is 0 Å². The first kappa shape index (κ1) is 10.3. The van der Waals surface area contributed by atoms with Crippen LogP contribution in [0.15, 0.2) is 24.7 Å². The SMILES string of the molecule is COC(=O)c1cnc(C)cc1-n1ccnn1. The number of hydrogen-bond acceptors (Lipinski definition) is 5. The molecule has 0 aliphatic rings. The molecule has 0 N–H and O–H groups in total. The lowest BCUT2D eigenvalue weighted by Crippen LogP contribution is -2.09. The van der Waals surface area contributed by atoms with Gasteiger partial charge in [0.2, 0.25) is 0 Å². The van der Waals surface area contributed by atoms with Gasteiger partial charge >= 0.3 is 5.97 Å².